The standard InChI is InChI=1S/C20H22N2O6S/c1-12(18(24)21-14-7-4-5-8-16(14)26-3)28-20(25)15-11-29-19(22(15)13(2)23)17-9-6-10-27-17/h4-10,12,15,19H,11H2,1-3H3,(H,21,24)/t12-,15-,19-/m1/s1. The van der Waals surface area contributed by atoms with Gasteiger partial charge in [-0.1, -0.05) is 12.1 Å². The first-order chi connectivity index (χ1) is 13.9. The lowest BCUT2D eigenvalue weighted by Gasteiger charge is -2.26. The van der Waals surface area contributed by atoms with Crippen molar-refractivity contribution in [3.05, 3.63) is 48.4 Å². The van der Waals surface area contributed by atoms with Crippen molar-refractivity contribution in [1.29, 1.82) is 0 Å². The van der Waals surface area contributed by atoms with E-state index >= 15 is 0 Å². The molecule has 0 bridgehead atoms. The molecule has 1 fully saturated rings. The number of benzene rings is 1. The molecule has 0 saturated carbocycles. The summed E-state index contributed by atoms with van der Waals surface area (Å²) in [5.41, 5.74) is 0.475. The Balaban J connectivity index is 1.65. The third kappa shape index (κ3) is 4.56. The van der Waals surface area contributed by atoms with Gasteiger partial charge < -0.3 is 24.1 Å². The zero-order chi connectivity index (χ0) is 21.0. The van der Waals surface area contributed by atoms with Crippen LogP contribution in [-0.4, -0.2) is 47.7 Å². The summed E-state index contributed by atoms with van der Waals surface area (Å²) in [5.74, 6) is 0.0300. The van der Waals surface area contributed by atoms with Gasteiger partial charge in [0.1, 0.15) is 22.9 Å². The van der Waals surface area contributed by atoms with Crippen molar-refractivity contribution in [2.75, 3.05) is 18.2 Å². The van der Waals surface area contributed by atoms with Crippen molar-refractivity contribution < 1.29 is 28.3 Å². The number of rotatable bonds is 6. The van der Waals surface area contributed by atoms with Gasteiger partial charge in [0.2, 0.25) is 5.91 Å². The molecule has 0 spiro atoms. The fourth-order valence-corrected chi connectivity index (χ4v) is 4.43. The highest BCUT2D eigenvalue weighted by molar-refractivity contribution is 7.99. The van der Waals surface area contributed by atoms with Crippen LogP contribution < -0.4 is 10.1 Å². The van der Waals surface area contributed by atoms with Crippen molar-refractivity contribution in [3.8, 4) is 5.75 Å². The van der Waals surface area contributed by atoms with Crippen LogP contribution in [0, 0.1) is 0 Å². The molecule has 0 aliphatic carbocycles. The number of ether oxygens (including phenoxy) is 2. The number of anilines is 1. The molecule has 3 atom stereocenters. The maximum absolute atomic E-state index is 12.7. The van der Waals surface area contributed by atoms with Gasteiger partial charge >= 0.3 is 5.97 Å². The highest BCUT2D eigenvalue weighted by atomic mass is 32.2. The minimum Gasteiger partial charge on any atom is -0.495 e. The first-order valence-corrected chi connectivity index (χ1v) is 10.1. The lowest BCUT2D eigenvalue weighted by molar-refractivity contribution is -0.160. The van der Waals surface area contributed by atoms with E-state index < -0.39 is 29.4 Å². The Bertz CT molecular complexity index is 885. The van der Waals surface area contributed by atoms with Crippen LogP contribution in [0.3, 0.4) is 0 Å². The molecule has 0 radical (unpaired) electrons. The largest absolute Gasteiger partial charge is 0.495 e. The first kappa shape index (κ1) is 20.8. The van der Waals surface area contributed by atoms with Crippen LogP contribution in [0.15, 0.2) is 47.1 Å². The summed E-state index contributed by atoms with van der Waals surface area (Å²) in [4.78, 5) is 38.7. The number of carbonyl (C=O) groups is 3. The summed E-state index contributed by atoms with van der Waals surface area (Å²) < 4.78 is 15.9. The van der Waals surface area contributed by atoms with E-state index in [2.05, 4.69) is 5.32 Å². The molecule has 1 N–H and O–H groups in total. The number of furan rings is 1. The molecule has 154 valence electrons. The number of esters is 1. The predicted octanol–water partition coefficient (Wildman–Crippen LogP) is 2.82. The first-order valence-electron chi connectivity index (χ1n) is 9.00. The van der Waals surface area contributed by atoms with Crippen LogP contribution in [0.25, 0.3) is 0 Å². The third-order valence-corrected chi connectivity index (χ3v) is 5.73. The van der Waals surface area contributed by atoms with Crippen molar-refractivity contribution in [2.45, 2.75) is 31.4 Å². The summed E-state index contributed by atoms with van der Waals surface area (Å²) in [6.45, 7) is 2.87. The Kier molecular flexibility index (Phi) is 6.48. The van der Waals surface area contributed by atoms with E-state index in [-0.39, 0.29) is 5.91 Å². The molecule has 1 saturated heterocycles. The van der Waals surface area contributed by atoms with Crippen LogP contribution in [-0.2, 0) is 19.1 Å². The number of carbonyl (C=O) groups excluding carboxylic acids is 3. The lowest BCUT2D eigenvalue weighted by atomic mass is 10.2. The number of nitrogens with one attached hydrogen (secondary N) is 1. The fourth-order valence-electron chi connectivity index (χ4n) is 3.01. The summed E-state index contributed by atoms with van der Waals surface area (Å²) in [5, 5.41) is 2.28. The van der Waals surface area contributed by atoms with Crippen LogP contribution in [0.5, 0.6) is 5.75 Å². The Morgan fingerprint density at radius 1 is 1.24 bits per heavy atom. The molecule has 3 rings (SSSR count). The Morgan fingerprint density at radius 3 is 2.66 bits per heavy atom. The Labute approximate surface area is 172 Å². The van der Waals surface area contributed by atoms with E-state index in [0.29, 0.717) is 22.9 Å². The second kappa shape index (κ2) is 9.04. The van der Waals surface area contributed by atoms with E-state index in [1.165, 1.54) is 43.9 Å². The number of methoxy groups -OCH3 is 1. The smallest absolute Gasteiger partial charge is 0.330 e. The maximum Gasteiger partial charge on any atom is 0.330 e. The van der Waals surface area contributed by atoms with Crippen LogP contribution in [0.1, 0.15) is 25.0 Å². The zero-order valence-corrected chi connectivity index (χ0v) is 17.1. The van der Waals surface area contributed by atoms with Crippen LogP contribution in [0.2, 0.25) is 0 Å². The highest BCUT2D eigenvalue weighted by Gasteiger charge is 2.43. The number of amides is 2. The second-order valence-corrected chi connectivity index (χ2v) is 7.53. The molecule has 1 aromatic carbocycles. The predicted molar refractivity (Wildman–Crippen MR) is 107 cm³/mol. The Morgan fingerprint density at radius 2 is 2.00 bits per heavy atom. The van der Waals surface area contributed by atoms with Gasteiger partial charge in [-0.25, -0.2) is 4.79 Å². The summed E-state index contributed by atoms with van der Waals surface area (Å²) >= 11 is 1.41. The average Bonchev–Trinajstić information content (AvgIpc) is 3.37. The zero-order valence-electron chi connectivity index (χ0n) is 16.3. The van der Waals surface area contributed by atoms with E-state index in [9.17, 15) is 14.4 Å². The Hall–Kier alpha value is -2.94. The molecular formula is C20H22N2O6S. The van der Waals surface area contributed by atoms with E-state index in [0.717, 1.165) is 0 Å². The van der Waals surface area contributed by atoms with Crippen molar-refractivity contribution in [3.63, 3.8) is 0 Å². The van der Waals surface area contributed by atoms with Gasteiger partial charge in [0, 0.05) is 12.7 Å². The van der Waals surface area contributed by atoms with E-state index in [4.69, 9.17) is 13.9 Å². The number of para-hydroxylation sites is 2. The normalized spacial score (nSPS) is 19.5. The molecule has 2 amide bonds. The minimum atomic E-state index is -1.05. The molecule has 2 heterocycles. The van der Waals surface area contributed by atoms with Crippen molar-refractivity contribution in [2.24, 2.45) is 0 Å². The van der Waals surface area contributed by atoms with Gasteiger partial charge in [-0.15, -0.1) is 11.8 Å². The van der Waals surface area contributed by atoms with Gasteiger partial charge in [-0.2, -0.15) is 0 Å². The number of hydrogen-bond acceptors (Lipinski definition) is 7. The van der Waals surface area contributed by atoms with Crippen LogP contribution in [0.4, 0.5) is 5.69 Å². The van der Waals surface area contributed by atoms with Crippen molar-refractivity contribution in [1.82, 2.24) is 4.90 Å². The molecule has 1 aromatic heterocycles. The molecular weight excluding hydrogens is 396 g/mol. The van der Waals surface area contributed by atoms with E-state index in [1.54, 1.807) is 36.4 Å². The monoisotopic (exact) mass is 418 g/mol. The number of hydrogen-bond donors (Lipinski definition) is 1. The van der Waals surface area contributed by atoms with Crippen LogP contribution >= 0.6 is 11.8 Å². The van der Waals surface area contributed by atoms with Crippen molar-refractivity contribution >= 4 is 35.2 Å². The molecule has 2 aromatic rings. The van der Waals surface area contributed by atoms with Gasteiger partial charge in [0.25, 0.3) is 5.91 Å². The lowest BCUT2D eigenvalue weighted by Crippen LogP contribution is -2.44. The van der Waals surface area contributed by atoms with Gasteiger partial charge in [0.05, 0.1) is 19.1 Å². The summed E-state index contributed by atoms with van der Waals surface area (Å²) in [6.07, 6.45) is 0.471. The summed E-state index contributed by atoms with van der Waals surface area (Å²) in [7, 11) is 1.50. The topological polar surface area (TPSA) is 98.1 Å². The highest BCUT2D eigenvalue weighted by Crippen LogP contribution is 2.41. The van der Waals surface area contributed by atoms with Gasteiger partial charge in [-0.3, -0.25) is 9.59 Å². The summed E-state index contributed by atoms with van der Waals surface area (Å²) in [6, 6.07) is 9.61. The fraction of sp³-hybridized carbons (Fsp3) is 0.350. The molecule has 8 nitrogen and oxygen atoms in total. The second-order valence-electron chi connectivity index (χ2n) is 6.41. The van der Waals surface area contributed by atoms with Gasteiger partial charge in [0.15, 0.2) is 6.10 Å². The minimum absolute atomic E-state index is 0.274. The number of nitrogens with zero attached hydrogens (tertiary/aromatic N) is 1. The molecule has 0 unspecified atom stereocenters. The molecule has 9 heteroatoms. The number of thioether (sulfide) groups is 1. The quantitative estimate of drug-likeness (QED) is 0.720. The molecule has 1 aliphatic rings. The SMILES string of the molecule is COc1ccccc1NC(=O)[C@@H](C)OC(=O)[C@H]1CS[C@H](c2ccco2)N1C(C)=O. The molecule has 29 heavy (non-hydrogen) atoms. The van der Waals surface area contributed by atoms with Gasteiger partial charge in [-0.05, 0) is 31.2 Å². The maximum atomic E-state index is 12.7. The molecule has 1 aliphatic heterocycles. The average molecular weight is 418 g/mol. The van der Waals surface area contributed by atoms with E-state index in [1.807, 2.05) is 0 Å². The third-order valence-electron chi connectivity index (χ3n) is 4.45.